The molecular weight excluding hydrogens is 162 g/mol. The third kappa shape index (κ3) is 4.63. The fraction of sp³-hybridized carbons (Fsp3) is 1.00. The van der Waals surface area contributed by atoms with E-state index in [1.54, 1.807) is 11.8 Å². The Labute approximate surface area is 72.2 Å². The van der Waals surface area contributed by atoms with E-state index in [0.29, 0.717) is 6.54 Å². The summed E-state index contributed by atoms with van der Waals surface area (Å²) in [6, 6.07) is 0.252. The molecule has 0 saturated carbocycles. The lowest BCUT2D eigenvalue weighted by molar-refractivity contribution is 0.258. The van der Waals surface area contributed by atoms with E-state index in [1.807, 2.05) is 13.2 Å². The van der Waals surface area contributed by atoms with E-state index in [9.17, 15) is 0 Å². The molecule has 3 nitrogen and oxygen atoms in total. The maximum atomic E-state index is 8.87. The lowest BCUT2D eigenvalue weighted by atomic mass is 10.2. The minimum atomic E-state index is 0.150. The van der Waals surface area contributed by atoms with Crippen LogP contribution >= 0.6 is 11.8 Å². The standard InChI is InChI=1S/C7H17NO2S/c1-6(8-3-4-9)7(5-10)11-2/h6-10H,3-5H2,1-2H3. The lowest BCUT2D eigenvalue weighted by Crippen LogP contribution is -2.38. The van der Waals surface area contributed by atoms with Crippen molar-refractivity contribution in [3.05, 3.63) is 0 Å². The molecule has 0 rings (SSSR count). The first-order chi connectivity index (χ1) is 5.26. The Kier molecular flexibility index (Phi) is 7.06. The molecule has 2 unspecified atom stereocenters. The molecule has 2 atom stereocenters. The molecule has 4 heteroatoms. The fourth-order valence-corrected chi connectivity index (χ4v) is 1.51. The molecule has 11 heavy (non-hydrogen) atoms. The summed E-state index contributed by atoms with van der Waals surface area (Å²) in [5.74, 6) is 0. The molecule has 0 aromatic carbocycles. The Hall–Kier alpha value is 0.230. The summed E-state index contributed by atoms with van der Waals surface area (Å²) in [7, 11) is 0. The first-order valence-electron chi connectivity index (χ1n) is 3.74. The molecule has 0 aromatic heterocycles. The quantitative estimate of drug-likeness (QED) is 0.523. The van der Waals surface area contributed by atoms with Crippen LogP contribution in [0.1, 0.15) is 6.92 Å². The first kappa shape index (κ1) is 11.2. The van der Waals surface area contributed by atoms with Crippen LogP contribution in [0.4, 0.5) is 0 Å². The van der Waals surface area contributed by atoms with Gasteiger partial charge in [-0.1, -0.05) is 0 Å². The van der Waals surface area contributed by atoms with Crippen molar-refractivity contribution >= 4 is 11.8 Å². The van der Waals surface area contributed by atoms with Crippen molar-refractivity contribution in [1.82, 2.24) is 5.32 Å². The molecule has 0 radical (unpaired) electrons. The van der Waals surface area contributed by atoms with Gasteiger partial charge in [0.1, 0.15) is 0 Å². The van der Waals surface area contributed by atoms with Crippen molar-refractivity contribution in [3.8, 4) is 0 Å². The van der Waals surface area contributed by atoms with Gasteiger partial charge in [-0.15, -0.1) is 0 Å². The summed E-state index contributed by atoms with van der Waals surface area (Å²) >= 11 is 1.63. The summed E-state index contributed by atoms with van der Waals surface area (Å²) in [4.78, 5) is 0. The maximum absolute atomic E-state index is 8.87. The van der Waals surface area contributed by atoms with Crippen LogP contribution in [0.25, 0.3) is 0 Å². The predicted molar refractivity (Wildman–Crippen MR) is 48.9 cm³/mol. The second-order valence-corrected chi connectivity index (χ2v) is 3.50. The van der Waals surface area contributed by atoms with Crippen LogP contribution in [0.5, 0.6) is 0 Å². The van der Waals surface area contributed by atoms with Crippen LogP contribution in [-0.2, 0) is 0 Å². The highest BCUT2D eigenvalue weighted by atomic mass is 32.2. The Bertz CT molecular complexity index is 88.5. The largest absolute Gasteiger partial charge is 0.395 e. The SMILES string of the molecule is CSC(CO)C(C)NCCO. The van der Waals surface area contributed by atoms with Crippen molar-refractivity contribution < 1.29 is 10.2 Å². The summed E-state index contributed by atoms with van der Waals surface area (Å²) in [5, 5.41) is 20.7. The van der Waals surface area contributed by atoms with Crippen molar-refractivity contribution in [2.24, 2.45) is 0 Å². The molecule has 0 amide bonds. The van der Waals surface area contributed by atoms with Gasteiger partial charge in [-0.3, -0.25) is 0 Å². The summed E-state index contributed by atoms with van der Waals surface area (Å²) in [6.45, 7) is 2.93. The zero-order valence-electron chi connectivity index (χ0n) is 7.08. The third-order valence-corrected chi connectivity index (χ3v) is 2.78. The van der Waals surface area contributed by atoms with E-state index in [-0.39, 0.29) is 24.5 Å². The molecule has 0 saturated heterocycles. The van der Waals surface area contributed by atoms with Gasteiger partial charge in [-0.25, -0.2) is 0 Å². The van der Waals surface area contributed by atoms with Crippen molar-refractivity contribution in [3.63, 3.8) is 0 Å². The molecule has 0 heterocycles. The summed E-state index contributed by atoms with van der Waals surface area (Å²) in [6.07, 6.45) is 1.97. The minimum Gasteiger partial charge on any atom is -0.395 e. The zero-order chi connectivity index (χ0) is 8.69. The fourth-order valence-electron chi connectivity index (χ4n) is 0.860. The molecule has 0 spiro atoms. The molecule has 3 N–H and O–H groups in total. The van der Waals surface area contributed by atoms with Crippen LogP contribution in [0.3, 0.4) is 0 Å². The monoisotopic (exact) mass is 179 g/mol. The highest BCUT2D eigenvalue weighted by Gasteiger charge is 2.13. The van der Waals surface area contributed by atoms with E-state index in [4.69, 9.17) is 10.2 Å². The van der Waals surface area contributed by atoms with E-state index in [0.717, 1.165) is 0 Å². The Morgan fingerprint density at radius 3 is 2.45 bits per heavy atom. The Morgan fingerprint density at radius 1 is 1.45 bits per heavy atom. The average Bonchev–Trinajstić information content (AvgIpc) is 2.03. The van der Waals surface area contributed by atoms with Gasteiger partial charge in [-0.2, -0.15) is 11.8 Å². The predicted octanol–water partition coefficient (Wildman–Crippen LogP) is -0.319. The van der Waals surface area contributed by atoms with E-state index in [2.05, 4.69) is 5.32 Å². The van der Waals surface area contributed by atoms with Gasteiger partial charge in [0.25, 0.3) is 0 Å². The van der Waals surface area contributed by atoms with Gasteiger partial charge in [0.15, 0.2) is 0 Å². The van der Waals surface area contributed by atoms with Crippen LogP contribution < -0.4 is 5.32 Å². The second kappa shape index (κ2) is 6.91. The number of hydrogen-bond acceptors (Lipinski definition) is 4. The van der Waals surface area contributed by atoms with E-state index < -0.39 is 0 Å². The first-order valence-corrected chi connectivity index (χ1v) is 5.03. The summed E-state index contributed by atoms with van der Waals surface area (Å²) < 4.78 is 0. The number of thioether (sulfide) groups is 1. The van der Waals surface area contributed by atoms with E-state index in [1.165, 1.54) is 0 Å². The minimum absolute atomic E-state index is 0.150. The van der Waals surface area contributed by atoms with Crippen LogP contribution in [0.2, 0.25) is 0 Å². The van der Waals surface area contributed by atoms with Gasteiger partial charge in [-0.05, 0) is 13.2 Å². The number of nitrogens with one attached hydrogen (secondary N) is 1. The van der Waals surface area contributed by atoms with Gasteiger partial charge < -0.3 is 15.5 Å². The maximum Gasteiger partial charge on any atom is 0.0564 e. The molecule has 0 aliphatic carbocycles. The third-order valence-electron chi connectivity index (χ3n) is 1.62. The average molecular weight is 179 g/mol. The second-order valence-electron chi connectivity index (χ2n) is 2.42. The molecule has 0 aliphatic rings. The molecule has 0 aromatic rings. The number of aliphatic hydroxyl groups is 2. The van der Waals surface area contributed by atoms with Crippen molar-refractivity contribution in [1.29, 1.82) is 0 Å². The van der Waals surface area contributed by atoms with Crippen LogP contribution in [-0.4, -0.2) is 47.5 Å². The normalized spacial score (nSPS) is 16.4. The van der Waals surface area contributed by atoms with Crippen molar-refractivity contribution in [2.75, 3.05) is 26.0 Å². The van der Waals surface area contributed by atoms with Gasteiger partial charge in [0.2, 0.25) is 0 Å². The van der Waals surface area contributed by atoms with E-state index >= 15 is 0 Å². The summed E-state index contributed by atoms with van der Waals surface area (Å²) in [5.41, 5.74) is 0. The zero-order valence-corrected chi connectivity index (χ0v) is 7.90. The molecule has 0 bridgehead atoms. The lowest BCUT2D eigenvalue weighted by Gasteiger charge is -2.20. The Balaban J connectivity index is 3.51. The van der Waals surface area contributed by atoms with Crippen LogP contribution in [0, 0.1) is 0 Å². The van der Waals surface area contributed by atoms with Gasteiger partial charge in [0, 0.05) is 17.8 Å². The van der Waals surface area contributed by atoms with Crippen LogP contribution in [0.15, 0.2) is 0 Å². The Morgan fingerprint density at radius 2 is 2.09 bits per heavy atom. The molecule has 0 aliphatic heterocycles. The molecular formula is C7H17NO2S. The topological polar surface area (TPSA) is 52.5 Å². The van der Waals surface area contributed by atoms with Crippen molar-refractivity contribution in [2.45, 2.75) is 18.2 Å². The molecule has 0 fully saturated rings. The van der Waals surface area contributed by atoms with Gasteiger partial charge in [0.05, 0.1) is 13.2 Å². The highest BCUT2D eigenvalue weighted by Crippen LogP contribution is 2.09. The highest BCUT2D eigenvalue weighted by molar-refractivity contribution is 7.99. The number of aliphatic hydroxyl groups excluding tert-OH is 2. The smallest absolute Gasteiger partial charge is 0.0564 e. The number of hydrogen-bond donors (Lipinski definition) is 3. The molecule has 68 valence electrons. The number of rotatable bonds is 6. The van der Waals surface area contributed by atoms with Gasteiger partial charge >= 0.3 is 0 Å².